The van der Waals surface area contributed by atoms with Crippen molar-refractivity contribution in [3.63, 3.8) is 0 Å². The van der Waals surface area contributed by atoms with Crippen LogP contribution < -0.4 is 10.1 Å². The number of nitrogens with one attached hydrogen (secondary N) is 1. The smallest absolute Gasteiger partial charge is 0.256 e. The molecule has 0 aliphatic rings. The Hall–Kier alpha value is -1.59. The molecule has 142 valence electrons. The predicted octanol–water partition coefficient (Wildman–Crippen LogP) is 3.94. The Labute approximate surface area is 152 Å². The maximum atomic E-state index is 12.7. The molecule has 0 aliphatic heterocycles. The molecule has 0 saturated carbocycles. The van der Waals surface area contributed by atoms with E-state index in [1.54, 1.807) is 0 Å². The molecule has 1 atom stereocenters. The van der Waals surface area contributed by atoms with E-state index < -0.39 is 5.60 Å². The molecule has 1 rings (SSSR count). The number of likely N-dealkylation sites (N-methyl/N-ethyl adjacent to an activating group) is 1. The minimum atomic E-state index is -0.785. The minimum absolute atomic E-state index is 0.0873. The lowest BCUT2D eigenvalue weighted by Gasteiger charge is -2.28. The lowest BCUT2D eigenvalue weighted by Crippen LogP contribution is -2.43. The van der Waals surface area contributed by atoms with Crippen LogP contribution in [0.5, 0.6) is 5.75 Å². The van der Waals surface area contributed by atoms with Crippen LogP contribution in [0.25, 0.3) is 0 Å². The normalized spacial score (nSPS) is 13.5. The number of hydrogen-bond donors (Lipinski definition) is 1. The maximum absolute atomic E-state index is 12.7. The number of carbonyl (C=O) groups is 1. The summed E-state index contributed by atoms with van der Waals surface area (Å²) in [7, 11) is 4.02. The lowest BCUT2D eigenvalue weighted by molar-refractivity contribution is -0.140. The molecule has 1 aromatic rings. The van der Waals surface area contributed by atoms with E-state index in [1.165, 1.54) is 0 Å². The number of unbranched alkanes of at least 4 members (excludes halogenated alkanes) is 1. The Morgan fingerprint density at radius 2 is 1.80 bits per heavy atom. The van der Waals surface area contributed by atoms with E-state index in [1.807, 2.05) is 52.2 Å². The van der Waals surface area contributed by atoms with Crippen LogP contribution in [0.15, 0.2) is 24.3 Å². The quantitative estimate of drug-likeness (QED) is 0.620. The molecule has 0 radical (unpaired) electrons. The number of benzene rings is 1. The predicted molar refractivity (Wildman–Crippen MR) is 103 cm³/mol. The van der Waals surface area contributed by atoms with Gasteiger partial charge in [-0.3, -0.25) is 4.79 Å². The second-order valence-electron chi connectivity index (χ2n) is 6.81. The average molecular weight is 351 g/mol. The van der Waals surface area contributed by atoms with Crippen LogP contribution in [0, 0.1) is 0 Å². The van der Waals surface area contributed by atoms with Gasteiger partial charge in [0.15, 0.2) is 0 Å². The van der Waals surface area contributed by atoms with Crippen LogP contribution in [0.4, 0.5) is 5.69 Å². The fraction of sp³-hybridized carbons (Fsp3) is 0.650. The largest absolute Gasteiger partial charge is 0.492 e. The van der Waals surface area contributed by atoms with Gasteiger partial charge in [-0.1, -0.05) is 26.7 Å². The van der Waals surface area contributed by atoms with Gasteiger partial charge >= 0.3 is 0 Å². The average Bonchev–Trinajstić information content (AvgIpc) is 2.59. The highest BCUT2D eigenvalue weighted by atomic mass is 16.5. The van der Waals surface area contributed by atoms with E-state index in [4.69, 9.17) is 9.47 Å². The van der Waals surface area contributed by atoms with E-state index in [9.17, 15) is 4.79 Å². The molecule has 0 fully saturated rings. The molecule has 0 bridgehead atoms. The Morgan fingerprint density at radius 3 is 2.36 bits per heavy atom. The van der Waals surface area contributed by atoms with Crippen LogP contribution >= 0.6 is 0 Å². The second kappa shape index (κ2) is 11.1. The second-order valence-corrected chi connectivity index (χ2v) is 6.81. The highest BCUT2D eigenvalue weighted by Gasteiger charge is 2.33. The van der Waals surface area contributed by atoms with Gasteiger partial charge in [0, 0.05) is 18.8 Å². The Bertz CT molecular complexity index is 492. The topological polar surface area (TPSA) is 50.8 Å². The molecule has 0 aliphatic carbocycles. The van der Waals surface area contributed by atoms with Gasteiger partial charge in [-0.05, 0) is 58.1 Å². The molecule has 0 unspecified atom stereocenters. The third kappa shape index (κ3) is 7.88. The number of amides is 1. The number of ether oxygens (including phenoxy) is 2. The molecule has 25 heavy (non-hydrogen) atoms. The Balaban J connectivity index is 2.63. The van der Waals surface area contributed by atoms with Crippen LogP contribution in [0.3, 0.4) is 0 Å². The first-order chi connectivity index (χ1) is 11.9. The SMILES string of the molecule is CCCC[C@@](C)(OCCC)C(=O)Nc1ccc(OCCN(C)C)cc1. The van der Waals surface area contributed by atoms with Crippen LogP contribution in [0.1, 0.15) is 46.5 Å². The number of nitrogens with zero attached hydrogens (tertiary/aromatic N) is 1. The molecule has 0 heterocycles. The highest BCUT2D eigenvalue weighted by Crippen LogP contribution is 2.23. The van der Waals surface area contributed by atoms with Gasteiger partial charge in [-0.15, -0.1) is 0 Å². The molecule has 1 aromatic carbocycles. The number of hydrogen-bond acceptors (Lipinski definition) is 4. The first kappa shape index (κ1) is 21.5. The summed E-state index contributed by atoms with van der Waals surface area (Å²) in [4.78, 5) is 14.8. The molecule has 1 amide bonds. The summed E-state index contributed by atoms with van der Waals surface area (Å²) < 4.78 is 11.5. The molecule has 1 N–H and O–H groups in total. The van der Waals surface area contributed by atoms with Crippen molar-refractivity contribution in [2.45, 2.75) is 52.1 Å². The summed E-state index contributed by atoms with van der Waals surface area (Å²) in [5.41, 5.74) is -0.0276. The van der Waals surface area contributed by atoms with Crippen LogP contribution in [0.2, 0.25) is 0 Å². The first-order valence-electron chi connectivity index (χ1n) is 9.24. The minimum Gasteiger partial charge on any atom is -0.492 e. The van der Waals surface area contributed by atoms with Gasteiger partial charge in [0.05, 0.1) is 0 Å². The van der Waals surface area contributed by atoms with E-state index in [0.29, 0.717) is 13.2 Å². The molecule has 5 nitrogen and oxygen atoms in total. The zero-order valence-corrected chi connectivity index (χ0v) is 16.4. The zero-order valence-electron chi connectivity index (χ0n) is 16.4. The van der Waals surface area contributed by atoms with Gasteiger partial charge in [0.2, 0.25) is 0 Å². The van der Waals surface area contributed by atoms with Crippen molar-refractivity contribution in [2.24, 2.45) is 0 Å². The summed E-state index contributed by atoms with van der Waals surface area (Å²) in [6, 6.07) is 7.48. The van der Waals surface area contributed by atoms with Gasteiger partial charge < -0.3 is 19.7 Å². The Kier molecular flexibility index (Phi) is 9.53. The zero-order chi connectivity index (χ0) is 18.7. The van der Waals surface area contributed by atoms with Gasteiger partial charge in [0.25, 0.3) is 5.91 Å². The van der Waals surface area contributed by atoms with Crippen molar-refractivity contribution in [2.75, 3.05) is 39.2 Å². The molecule has 0 spiro atoms. The highest BCUT2D eigenvalue weighted by molar-refractivity contribution is 5.97. The molecular weight excluding hydrogens is 316 g/mol. The summed E-state index contributed by atoms with van der Waals surface area (Å²) in [5.74, 6) is 0.714. The Morgan fingerprint density at radius 1 is 1.12 bits per heavy atom. The van der Waals surface area contributed by atoms with Crippen molar-refractivity contribution < 1.29 is 14.3 Å². The molecule has 0 saturated heterocycles. The maximum Gasteiger partial charge on any atom is 0.256 e. The standard InChI is InChI=1S/C20H34N2O3/c1-6-8-13-20(3,25-15-7-2)19(23)21-17-9-11-18(12-10-17)24-16-14-22(4)5/h9-12H,6-8,13-16H2,1-5H3,(H,21,23)/t20-/m1/s1. The van der Waals surface area contributed by atoms with Crippen molar-refractivity contribution >= 4 is 11.6 Å². The summed E-state index contributed by atoms with van der Waals surface area (Å²) >= 11 is 0. The third-order valence-corrected chi connectivity index (χ3v) is 4.03. The number of anilines is 1. The number of carbonyl (C=O) groups excluding carboxylic acids is 1. The third-order valence-electron chi connectivity index (χ3n) is 4.03. The van der Waals surface area contributed by atoms with Crippen molar-refractivity contribution in [1.82, 2.24) is 4.90 Å². The summed E-state index contributed by atoms with van der Waals surface area (Å²) in [6.45, 7) is 8.14. The van der Waals surface area contributed by atoms with Gasteiger partial charge in [-0.2, -0.15) is 0 Å². The van der Waals surface area contributed by atoms with E-state index in [0.717, 1.165) is 43.7 Å². The van der Waals surface area contributed by atoms with Crippen molar-refractivity contribution in [1.29, 1.82) is 0 Å². The fourth-order valence-corrected chi connectivity index (χ4v) is 2.34. The van der Waals surface area contributed by atoms with Crippen LogP contribution in [-0.2, 0) is 9.53 Å². The fourth-order valence-electron chi connectivity index (χ4n) is 2.34. The lowest BCUT2D eigenvalue weighted by atomic mass is 9.97. The summed E-state index contributed by atoms with van der Waals surface area (Å²) in [6.07, 6.45) is 3.62. The van der Waals surface area contributed by atoms with Gasteiger partial charge in [0.1, 0.15) is 18.0 Å². The van der Waals surface area contributed by atoms with Crippen LogP contribution in [-0.4, -0.2) is 50.3 Å². The molecule has 5 heteroatoms. The summed E-state index contributed by atoms with van der Waals surface area (Å²) in [5, 5.41) is 2.97. The number of rotatable bonds is 12. The first-order valence-corrected chi connectivity index (χ1v) is 9.24. The van der Waals surface area contributed by atoms with Gasteiger partial charge in [-0.25, -0.2) is 0 Å². The monoisotopic (exact) mass is 350 g/mol. The van der Waals surface area contributed by atoms with E-state index >= 15 is 0 Å². The molecule has 0 aromatic heterocycles. The van der Waals surface area contributed by atoms with Crippen molar-refractivity contribution in [3.05, 3.63) is 24.3 Å². The van der Waals surface area contributed by atoms with Crippen molar-refractivity contribution in [3.8, 4) is 5.75 Å². The van der Waals surface area contributed by atoms with E-state index in [-0.39, 0.29) is 5.91 Å². The van der Waals surface area contributed by atoms with E-state index in [2.05, 4.69) is 17.1 Å². The molecular formula is C20H34N2O3.